The summed E-state index contributed by atoms with van der Waals surface area (Å²) in [6.07, 6.45) is -22.3. The predicted molar refractivity (Wildman–Crippen MR) is 98.4 cm³/mol. The number of rotatable bonds is 5. The van der Waals surface area contributed by atoms with E-state index in [0.29, 0.717) is 0 Å². The molecule has 32 heavy (non-hydrogen) atoms. The lowest BCUT2D eigenvalue weighted by atomic mass is 9.96. The molecule has 0 bridgehead atoms. The van der Waals surface area contributed by atoms with E-state index >= 15 is 0 Å². The van der Waals surface area contributed by atoms with E-state index in [2.05, 4.69) is 0 Å². The Kier molecular flexibility index (Phi) is 8.44. The molecule has 3 fully saturated rings. The van der Waals surface area contributed by atoms with E-state index in [9.17, 15) is 46.0 Å². The molecule has 0 spiro atoms. The van der Waals surface area contributed by atoms with Gasteiger partial charge in [-0.2, -0.15) is 0 Å². The average Bonchev–Trinajstić information content (AvgIpc) is 2.76. The van der Waals surface area contributed by atoms with E-state index < -0.39 is 98.7 Å². The summed E-state index contributed by atoms with van der Waals surface area (Å²) < 4.78 is 27.2. The zero-order chi connectivity index (χ0) is 23.9. The van der Waals surface area contributed by atoms with E-state index in [0.717, 1.165) is 0 Å². The normalized spacial score (nSPS) is 55.0. The quantitative estimate of drug-likeness (QED) is 0.182. The summed E-state index contributed by atoms with van der Waals surface area (Å²) in [4.78, 5) is 0. The molecule has 0 aliphatic carbocycles. The fourth-order valence-electron chi connectivity index (χ4n) is 3.96. The molecule has 0 saturated carbocycles. The van der Waals surface area contributed by atoms with Crippen molar-refractivity contribution in [2.45, 2.75) is 106 Å². The number of aliphatic hydroxyl groups is 9. The first-order valence-electron chi connectivity index (χ1n) is 10.3. The maximum absolute atomic E-state index is 10.5. The zero-order valence-electron chi connectivity index (χ0n) is 17.4. The average molecular weight is 472 g/mol. The second kappa shape index (κ2) is 10.4. The number of ether oxygens (including phenoxy) is 5. The van der Waals surface area contributed by atoms with Gasteiger partial charge in [-0.05, 0) is 13.8 Å². The summed E-state index contributed by atoms with van der Waals surface area (Å²) in [6.45, 7) is 2.18. The number of hydrogen-bond acceptors (Lipinski definition) is 14. The molecule has 9 N–H and O–H groups in total. The molecule has 14 nitrogen and oxygen atoms in total. The zero-order valence-corrected chi connectivity index (χ0v) is 17.4. The second-order valence-corrected chi connectivity index (χ2v) is 8.30. The molecule has 0 amide bonds. The summed E-state index contributed by atoms with van der Waals surface area (Å²) in [5.74, 6) is 0. The van der Waals surface area contributed by atoms with Gasteiger partial charge in [-0.15, -0.1) is 0 Å². The highest BCUT2D eigenvalue weighted by Crippen LogP contribution is 2.32. The predicted octanol–water partition coefficient (Wildman–Crippen LogP) is -5.52. The van der Waals surface area contributed by atoms with Crippen LogP contribution in [0.5, 0.6) is 0 Å². The minimum absolute atomic E-state index is 0.691. The molecule has 3 rings (SSSR count). The molecule has 15 atom stereocenters. The van der Waals surface area contributed by atoms with E-state index in [4.69, 9.17) is 23.7 Å². The first-order chi connectivity index (χ1) is 15.0. The minimum Gasteiger partial charge on any atom is -0.394 e. The van der Waals surface area contributed by atoms with Crippen molar-refractivity contribution >= 4 is 0 Å². The van der Waals surface area contributed by atoms with Crippen LogP contribution >= 0.6 is 0 Å². The third-order valence-corrected chi connectivity index (χ3v) is 6.01. The summed E-state index contributed by atoms with van der Waals surface area (Å²) in [6, 6.07) is 0. The molecule has 0 aromatic heterocycles. The van der Waals surface area contributed by atoms with E-state index in [-0.39, 0.29) is 0 Å². The smallest absolute Gasteiger partial charge is 0.187 e. The Labute approximate surface area is 183 Å². The Morgan fingerprint density at radius 2 is 1.09 bits per heavy atom. The van der Waals surface area contributed by atoms with Gasteiger partial charge in [0, 0.05) is 0 Å². The Bertz CT molecular complexity index is 608. The van der Waals surface area contributed by atoms with Crippen LogP contribution in [0, 0.1) is 0 Å². The van der Waals surface area contributed by atoms with Gasteiger partial charge in [-0.25, -0.2) is 0 Å². The standard InChI is InChI=1S/C18H32O14/c1-4-7(20)9(22)11(24)17(29-4)32-15-13(26)16(27)28-5(2)14(15)31-18-12(25)10(23)8(21)6(3-19)30-18/h4-27H,3H2,1-2H3/t4-,5-,6+,7+,8+,9+,10-,11-,12+,13+,14-,15-,16+,17+,18-/m0/s1. The van der Waals surface area contributed by atoms with Gasteiger partial charge in [0.05, 0.1) is 18.8 Å². The molecule has 14 heteroatoms. The van der Waals surface area contributed by atoms with Crippen molar-refractivity contribution in [2.75, 3.05) is 6.61 Å². The molecule has 0 aromatic rings. The molecule has 188 valence electrons. The van der Waals surface area contributed by atoms with Crippen molar-refractivity contribution < 1.29 is 69.6 Å². The maximum Gasteiger partial charge on any atom is 0.187 e. The minimum atomic E-state index is -1.75. The molecule has 3 heterocycles. The Morgan fingerprint density at radius 1 is 0.562 bits per heavy atom. The fraction of sp³-hybridized carbons (Fsp3) is 1.00. The van der Waals surface area contributed by atoms with Gasteiger partial charge in [0.1, 0.15) is 61.0 Å². The first-order valence-corrected chi connectivity index (χ1v) is 10.3. The van der Waals surface area contributed by atoms with Crippen LogP contribution in [0.4, 0.5) is 0 Å². The van der Waals surface area contributed by atoms with Crippen molar-refractivity contribution in [3.63, 3.8) is 0 Å². The van der Waals surface area contributed by atoms with E-state index in [1.165, 1.54) is 13.8 Å². The largest absolute Gasteiger partial charge is 0.394 e. The van der Waals surface area contributed by atoms with E-state index in [1.54, 1.807) is 0 Å². The van der Waals surface area contributed by atoms with Crippen molar-refractivity contribution in [3.8, 4) is 0 Å². The second-order valence-electron chi connectivity index (χ2n) is 8.30. The molecular weight excluding hydrogens is 440 g/mol. The van der Waals surface area contributed by atoms with Crippen LogP contribution in [0.15, 0.2) is 0 Å². The van der Waals surface area contributed by atoms with Crippen LogP contribution in [0.25, 0.3) is 0 Å². The molecule has 0 radical (unpaired) electrons. The summed E-state index contributed by atoms with van der Waals surface area (Å²) in [5, 5.41) is 90.0. The van der Waals surface area contributed by atoms with Crippen LogP contribution < -0.4 is 0 Å². The fourth-order valence-corrected chi connectivity index (χ4v) is 3.96. The Morgan fingerprint density at radius 3 is 1.69 bits per heavy atom. The third-order valence-electron chi connectivity index (χ3n) is 6.01. The summed E-state index contributed by atoms with van der Waals surface area (Å²) in [7, 11) is 0. The molecular formula is C18H32O14. The van der Waals surface area contributed by atoms with Gasteiger partial charge in [0.15, 0.2) is 18.9 Å². The van der Waals surface area contributed by atoms with Gasteiger partial charge >= 0.3 is 0 Å². The van der Waals surface area contributed by atoms with Crippen molar-refractivity contribution in [2.24, 2.45) is 0 Å². The van der Waals surface area contributed by atoms with Gasteiger partial charge in [0.2, 0.25) is 0 Å². The molecule has 3 aliphatic heterocycles. The van der Waals surface area contributed by atoms with Crippen LogP contribution in [0.3, 0.4) is 0 Å². The highest BCUT2D eigenvalue weighted by molar-refractivity contribution is 4.95. The first kappa shape index (κ1) is 26.1. The monoisotopic (exact) mass is 472 g/mol. The van der Waals surface area contributed by atoms with Crippen LogP contribution in [0.2, 0.25) is 0 Å². The number of aliphatic hydroxyl groups excluding tert-OH is 9. The highest BCUT2D eigenvalue weighted by atomic mass is 16.8. The van der Waals surface area contributed by atoms with Gasteiger partial charge in [0.25, 0.3) is 0 Å². The Balaban J connectivity index is 1.79. The molecule has 0 unspecified atom stereocenters. The summed E-state index contributed by atoms with van der Waals surface area (Å²) >= 11 is 0. The van der Waals surface area contributed by atoms with Gasteiger partial charge < -0.3 is 69.6 Å². The molecule has 0 aromatic carbocycles. The third kappa shape index (κ3) is 4.94. The molecule has 3 saturated heterocycles. The number of hydrogen-bond donors (Lipinski definition) is 9. The lowest BCUT2D eigenvalue weighted by Crippen LogP contribution is -2.65. The van der Waals surface area contributed by atoms with Crippen molar-refractivity contribution in [1.29, 1.82) is 0 Å². The van der Waals surface area contributed by atoms with Crippen LogP contribution in [-0.4, -0.2) is 145 Å². The van der Waals surface area contributed by atoms with Crippen LogP contribution in [-0.2, 0) is 23.7 Å². The van der Waals surface area contributed by atoms with Gasteiger partial charge in [-0.3, -0.25) is 0 Å². The van der Waals surface area contributed by atoms with Crippen LogP contribution in [0.1, 0.15) is 13.8 Å². The highest BCUT2D eigenvalue weighted by Gasteiger charge is 2.52. The SMILES string of the molecule is C[C@@H]1O[C@H](O[C@H]2[C@@H](O)[C@H](O)O[C@@H](C)[C@@H]2O[C@@H]2O[C@H](CO)[C@@H](O)[C@H](O)[C@H]2O)[C@@H](O)[C@H](O)[C@@H]1O. The summed E-state index contributed by atoms with van der Waals surface area (Å²) in [5.41, 5.74) is 0. The lowest BCUT2D eigenvalue weighted by Gasteiger charge is -2.48. The lowest BCUT2D eigenvalue weighted by molar-refractivity contribution is -0.379. The maximum atomic E-state index is 10.5. The Hall–Kier alpha value is -0.560. The molecule has 3 aliphatic rings. The van der Waals surface area contributed by atoms with Gasteiger partial charge in [-0.1, -0.05) is 0 Å². The van der Waals surface area contributed by atoms with Crippen molar-refractivity contribution in [1.82, 2.24) is 0 Å². The topological polar surface area (TPSA) is 228 Å². The van der Waals surface area contributed by atoms with E-state index in [1.807, 2.05) is 0 Å². The van der Waals surface area contributed by atoms with Crippen molar-refractivity contribution in [3.05, 3.63) is 0 Å².